The molecule has 0 aliphatic carbocycles. The molecule has 34 heavy (non-hydrogen) atoms. The largest absolute Gasteiger partial charge is 0.444 e. The first-order valence-electron chi connectivity index (χ1n) is 10.7. The summed E-state index contributed by atoms with van der Waals surface area (Å²) in [4.78, 5) is 21.6. The summed E-state index contributed by atoms with van der Waals surface area (Å²) in [6, 6.07) is 7.44. The Kier molecular flexibility index (Phi) is 9.00. The summed E-state index contributed by atoms with van der Waals surface area (Å²) in [5.41, 5.74) is 2.06. The summed E-state index contributed by atoms with van der Waals surface area (Å²) >= 11 is 0. The summed E-state index contributed by atoms with van der Waals surface area (Å²) in [7, 11) is -1.05. The average Bonchev–Trinajstić information content (AvgIpc) is 3.21. The summed E-state index contributed by atoms with van der Waals surface area (Å²) in [5, 5.41) is 10.8. The molecule has 2 aromatic heterocycles. The van der Waals surface area contributed by atoms with Gasteiger partial charge in [0.2, 0.25) is 5.89 Å². The zero-order valence-electron chi connectivity index (χ0n) is 20.2. The molecule has 0 saturated carbocycles. The van der Waals surface area contributed by atoms with E-state index < -0.39 is 22.5 Å². The smallest absolute Gasteiger partial charge is 0.407 e. The van der Waals surface area contributed by atoms with Crippen LogP contribution in [0.4, 0.5) is 4.79 Å². The van der Waals surface area contributed by atoms with Crippen LogP contribution in [0.3, 0.4) is 0 Å². The third kappa shape index (κ3) is 7.16. The van der Waals surface area contributed by atoms with Gasteiger partial charge < -0.3 is 19.9 Å². The van der Waals surface area contributed by atoms with Crippen LogP contribution >= 0.6 is 0 Å². The van der Waals surface area contributed by atoms with Gasteiger partial charge >= 0.3 is 6.09 Å². The van der Waals surface area contributed by atoms with E-state index >= 15 is 0 Å². The zero-order valence-corrected chi connectivity index (χ0v) is 21.0. The van der Waals surface area contributed by atoms with Crippen molar-refractivity contribution in [3.05, 3.63) is 42.0 Å². The van der Waals surface area contributed by atoms with E-state index in [9.17, 15) is 9.00 Å². The molecule has 3 aromatic rings. The third-order valence-electron chi connectivity index (χ3n) is 4.44. The van der Waals surface area contributed by atoms with E-state index in [1.54, 1.807) is 27.0 Å². The van der Waals surface area contributed by atoms with Crippen LogP contribution in [0.1, 0.15) is 47.6 Å². The van der Waals surface area contributed by atoms with Crippen molar-refractivity contribution in [2.45, 2.75) is 63.7 Å². The van der Waals surface area contributed by atoms with Crippen molar-refractivity contribution >= 4 is 16.9 Å². The van der Waals surface area contributed by atoms with Crippen LogP contribution in [0.25, 0.3) is 22.8 Å². The Balaban J connectivity index is 0.00000306. The molecule has 0 aliphatic rings. The molecule has 1 amide bonds. The Bertz CT molecular complexity index is 1150. The number of carbonyl (C=O) groups excluding carboxylic acids is 1. The number of hydrogen-bond acceptors (Lipinski definition) is 8. The number of benzene rings is 1. The van der Waals surface area contributed by atoms with Crippen molar-refractivity contribution in [3.8, 4) is 22.8 Å². The van der Waals surface area contributed by atoms with Crippen molar-refractivity contribution in [1.29, 1.82) is 0 Å². The van der Waals surface area contributed by atoms with Crippen LogP contribution in [0, 0.1) is 6.92 Å². The van der Waals surface area contributed by atoms with E-state index in [2.05, 4.69) is 25.5 Å². The molecular weight excluding hydrogens is 458 g/mol. The number of aromatic nitrogens is 4. The van der Waals surface area contributed by atoms with Gasteiger partial charge in [-0.15, -0.1) is 10.2 Å². The van der Waals surface area contributed by atoms with Crippen LogP contribution in [0.2, 0.25) is 0 Å². The van der Waals surface area contributed by atoms with E-state index in [-0.39, 0.29) is 18.0 Å². The Labute approximate surface area is 202 Å². The van der Waals surface area contributed by atoms with Crippen molar-refractivity contribution < 1.29 is 25.1 Å². The highest BCUT2D eigenvalue weighted by Gasteiger charge is 2.18. The second kappa shape index (κ2) is 11.3. The topological polar surface area (TPSA) is 152 Å². The molecule has 0 radical (unpaired) electrons. The molecule has 3 rings (SSSR count). The molecule has 0 spiro atoms. The lowest BCUT2D eigenvalue weighted by Gasteiger charge is -2.19. The molecule has 0 bridgehead atoms. The third-order valence-corrected chi connectivity index (χ3v) is 6.04. The molecule has 0 fully saturated rings. The van der Waals surface area contributed by atoms with Crippen LogP contribution in [0.5, 0.6) is 0 Å². The molecule has 2 heterocycles. The first kappa shape index (κ1) is 27.1. The summed E-state index contributed by atoms with van der Waals surface area (Å²) < 4.78 is 23.2. The van der Waals surface area contributed by atoms with Gasteiger partial charge in [-0.3, -0.25) is 9.19 Å². The van der Waals surface area contributed by atoms with Gasteiger partial charge in [0.1, 0.15) is 11.3 Å². The molecule has 1 atom stereocenters. The van der Waals surface area contributed by atoms with Gasteiger partial charge in [-0.1, -0.05) is 26.0 Å². The first-order valence-corrected chi connectivity index (χ1v) is 11.9. The highest BCUT2D eigenvalue weighted by atomic mass is 32.2. The lowest BCUT2D eigenvalue weighted by molar-refractivity contribution is 0.0528. The van der Waals surface area contributed by atoms with Gasteiger partial charge in [-0.25, -0.2) is 9.78 Å². The number of carbonyl (C=O) groups is 1. The fourth-order valence-corrected chi connectivity index (χ4v) is 3.81. The number of aryl methyl sites for hydroxylation is 1. The van der Waals surface area contributed by atoms with Crippen molar-refractivity contribution in [2.75, 3.05) is 6.54 Å². The minimum absolute atomic E-state index is 0. The number of hydrogen-bond donors (Lipinski definition) is 1. The van der Waals surface area contributed by atoms with Crippen LogP contribution in [-0.2, 0) is 22.0 Å². The minimum Gasteiger partial charge on any atom is -0.444 e. The molecule has 1 unspecified atom stereocenters. The van der Waals surface area contributed by atoms with E-state index in [0.29, 0.717) is 35.9 Å². The molecule has 10 nitrogen and oxygen atoms in total. The molecule has 3 N–H and O–H groups in total. The van der Waals surface area contributed by atoms with Crippen LogP contribution in [0.15, 0.2) is 39.8 Å². The zero-order chi connectivity index (χ0) is 24.2. The fraction of sp³-hybridized carbons (Fsp3) is 0.435. The summed E-state index contributed by atoms with van der Waals surface area (Å²) in [6.45, 7) is 11.4. The SMILES string of the molecule is Cc1ncc(-c2ccc(S(=O)C(C)C)cc2)nc1-c1nnc(CCNC(=O)OC(C)(C)C)o1.O.[HH]. The number of ether oxygens (including phenoxy) is 1. The molecule has 1 aromatic carbocycles. The van der Waals surface area contributed by atoms with E-state index in [1.807, 2.05) is 45.0 Å². The Morgan fingerprint density at radius 2 is 1.88 bits per heavy atom. The second-order valence-corrected chi connectivity index (χ2v) is 10.7. The van der Waals surface area contributed by atoms with Crippen molar-refractivity contribution in [3.63, 3.8) is 0 Å². The number of alkyl carbamates (subject to hydrolysis) is 1. The highest BCUT2D eigenvalue weighted by molar-refractivity contribution is 7.85. The van der Waals surface area contributed by atoms with Crippen LogP contribution in [-0.4, -0.2) is 53.3 Å². The van der Waals surface area contributed by atoms with Gasteiger partial charge in [-0.05, 0) is 39.8 Å². The second-order valence-electron chi connectivity index (χ2n) is 8.74. The fourth-order valence-electron chi connectivity index (χ4n) is 2.86. The van der Waals surface area contributed by atoms with Gasteiger partial charge in [0.15, 0.2) is 0 Å². The normalized spacial score (nSPS) is 12.2. The lowest BCUT2D eigenvalue weighted by Crippen LogP contribution is -2.33. The molecule has 0 saturated heterocycles. The average molecular weight is 492 g/mol. The highest BCUT2D eigenvalue weighted by Crippen LogP contribution is 2.24. The minimum atomic E-state index is -1.05. The van der Waals surface area contributed by atoms with Crippen LogP contribution < -0.4 is 5.32 Å². The summed E-state index contributed by atoms with van der Waals surface area (Å²) in [5.74, 6) is 0.625. The first-order chi connectivity index (χ1) is 15.5. The van der Waals surface area contributed by atoms with E-state index in [1.165, 1.54) is 0 Å². The molecule has 0 aliphatic heterocycles. The van der Waals surface area contributed by atoms with Gasteiger partial charge in [-0.2, -0.15) is 0 Å². The quantitative estimate of drug-likeness (QED) is 0.527. The number of rotatable bonds is 7. The Hall–Kier alpha value is -3.18. The number of nitrogens with one attached hydrogen (secondary N) is 1. The van der Waals surface area contributed by atoms with Crippen molar-refractivity contribution in [2.24, 2.45) is 0 Å². The maximum absolute atomic E-state index is 12.3. The molecule has 11 heteroatoms. The number of nitrogens with zero attached hydrogens (tertiary/aromatic N) is 4. The van der Waals surface area contributed by atoms with E-state index in [0.717, 1.165) is 10.5 Å². The predicted molar refractivity (Wildman–Crippen MR) is 131 cm³/mol. The predicted octanol–water partition coefficient (Wildman–Crippen LogP) is 3.51. The Morgan fingerprint density at radius 3 is 2.50 bits per heavy atom. The number of amides is 1. The standard InChI is InChI=1S/C23H29N5O4S.H2O.H2/c1-14(2)33(30)17-9-7-16(8-10-17)18-13-25-15(3)20(26-18)21-28-27-19(31-21)11-12-24-22(29)32-23(4,5)6;;/h7-10,13-14H,11-12H2,1-6H3,(H,24,29);1H2;1H. The van der Waals surface area contributed by atoms with E-state index in [4.69, 9.17) is 9.15 Å². The maximum Gasteiger partial charge on any atom is 0.407 e. The van der Waals surface area contributed by atoms with Gasteiger partial charge in [0.05, 0.1) is 28.4 Å². The maximum atomic E-state index is 12.3. The summed E-state index contributed by atoms with van der Waals surface area (Å²) in [6.07, 6.45) is 1.53. The van der Waals surface area contributed by atoms with Gasteiger partial charge in [0, 0.05) is 30.1 Å². The molecule has 186 valence electrons. The van der Waals surface area contributed by atoms with Gasteiger partial charge in [0.25, 0.3) is 5.89 Å². The Morgan fingerprint density at radius 1 is 1.21 bits per heavy atom. The monoisotopic (exact) mass is 491 g/mol. The molecular formula is C23H33N5O5S. The lowest BCUT2D eigenvalue weighted by atomic mass is 10.1. The van der Waals surface area contributed by atoms with Crippen molar-refractivity contribution in [1.82, 2.24) is 25.5 Å².